The Kier molecular flexibility index (Phi) is 4.67. The van der Waals surface area contributed by atoms with E-state index in [1.54, 1.807) is 37.0 Å². The molecule has 29 heavy (non-hydrogen) atoms. The van der Waals surface area contributed by atoms with E-state index < -0.39 is 5.91 Å². The molecule has 0 unspecified atom stereocenters. The van der Waals surface area contributed by atoms with Gasteiger partial charge in [0.05, 0.1) is 17.6 Å². The molecule has 0 spiro atoms. The van der Waals surface area contributed by atoms with Gasteiger partial charge in [-0.15, -0.1) is 0 Å². The number of fused-ring (bicyclic) bond motifs is 1. The highest BCUT2D eigenvalue weighted by Gasteiger charge is 2.22. The van der Waals surface area contributed by atoms with Gasteiger partial charge < -0.3 is 19.7 Å². The van der Waals surface area contributed by atoms with E-state index in [1.165, 1.54) is 11.1 Å². The molecule has 4 rings (SSSR count). The van der Waals surface area contributed by atoms with Crippen molar-refractivity contribution < 1.29 is 19.1 Å². The van der Waals surface area contributed by atoms with Crippen molar-refractivity contribution in [3.05, 3.63) is 41.9 Å². The molecule has 150 valence electrons. The Morgan fingerprint density at radius 3 is 2.79 bits per heavy atom. The van der Waals surface area contributed by atoms with Gasteiger partial charge in [-0.25, -0.2) is 0 Å². The molecular formula is C19H20N6O4. The van der Waals surface area contributed by atoms with E-state index in [1.807, 2.05) is 13.0 Å². The summed E-state index contributed by atoms with van der Waals surface area (Å²) in [5, 5.41) is 13.8. The lowest BCUT2D eigenvalue weighted by atomic mass is 10.1. The van der Waals surface area contributed by atoms with Crippen LogP contribution in [0.25, 0.3) is 11.3 Å². The summed E-state index contributed by atoms with van der Waals surface area (Å²) in [6, 6.07) is 7.07. The van der Waals surface area contributed by atoms with Crippen molar-refractivity contribution in [3.8, 4) is 22.8 Å². The van der Waals surface area contributed by atoms with Gasteiger partial charge in [0.25, 0.3) is 11.8 Å². The van der Waals surface area contributed by atoms with Crippen LogP contribution in [0, 0.1) is 0 Å². The number of aromatic nitrogens is 4. The van der Waals surface area contributed by atoms with Crippen LogP contribution in [-0.2, 0) is 6.54 Å². The Morgan fingerprint density at radius 1 is 1.24 bits per heavy atom. The van der Waals surface area contributed by atoms with Gasteiger partial charge in [0.15, 0.2) is 11.5 Å². The zero-order valence-corrected chi connectivity index (χ0v) is 16.2. The van der Waals surface area contributed by atoms with Gasteiger partial charge in [-0.1, -0.05) is 0 Å². The van der Waals surface area contributed by atoms with Crippen LogP contribution in [0.5, 0.6) is 11.5 Å². The SMILES string of the molecule is CCn1ncc(NC(=O)c2cc(-c3ccc4c(c3)OCO4)n[nH]2)c1C(=O)N(C)C. The Labute approximate surface area is 166 Å². The quantitative estimate of drug-likeness (QED) is 0.682. The van der Waals surface area contributed by atoms with Crippen molar-refractivity contribution in [2.45, 2.75) is 13.5 Å². The molecule has 0 atom stereocenters. The zero-order valence-electron chi connectivity index (χ0n) is 16.2. The maximum Gasteiger partial charge on any atom is 0.273 e. The van der Waals surface area contributed by atoms with E-state index >= 15 is 0 Å². The normalized spacial score (nSPS) is 12.1. The summed E-state index contributed by atoms with van der Waals surface area (Å²) in [7, 11) is 3.29. The molecule has 0 fully saturated rings. The van der Waals surface area contributed by atoms with Gasteiger partial charge in [-0.3, -0.25) is 19.4 Å². The molecule has 0 aliphatic carbocycles. The number of benzene rings is 1. The molecule has 0 saturated heterocycles. The number of aromatic amines is 1. The number of hydrogen-bond acceptors (Lipinski definition) is 6. The van der Waals surface area contributed by atoms with Crippen LogP contribution in [0.2, 0.25) is 0 Å². The van der Waals surface area contributed by atoms with Crippen LogP contribution in [0.15, 0.2) is 30.5 Å². The van der Waals surface area contributed by atoms with Crippen LogP contribution < -0.4 is 14.8 Å². The lowest BCUT2D eigenvalue weighted by Crippen LogP contribution is -2.26. The first kappa shape index (κ1) is 18.5. The van der Waals surface area contributed by atoms with Crippen molar-refractivity contribution in [2.75, 3.05) is 26.2 Å². The molecule has 2 N–H and O–H groups in total. The number of nitrogens with one attached hydrogen (secondary N) is 2. The minimum atomic E-state index is -0.423. The minimum Gasteiger partial charge on any atom is -0.454 e. The van der Waals surface area contributed by atoms with Crippen LogP contribution in [0.1, 0.15) is 27.9 Å². The van der Waals surface area contributed by atoms with Crippen molar-refractivity contribution in [3.63, 3.8) is 0 Å². The van der Waals surface area contributed by atoms with E-state index in [0.717, 1.165) is 5.56 Å². The van der Waals surface area contributed by atoms with E-state index in [0.29, 0.717) is 35.1 Å². The molecule has 10 nitrogen and oxygen atoms in total. The number of amides is 2. The highest BCUT2D eigenvalue weighted by molar-refractivity contribution is 6.07. The molecule has 2 amide bonds. The summed E-state index contributed by atoms with van der Waals surface area (Å²) >= 11 is 0. The molecule has 0 bridgehead atoms. The monoisotopic (exact) mass is 396 g/mol. The highest BCUT2D eigenvalue weighted by atomic mass is 16.7. The second kappa shape index (κ2) is 7.30. The van der Waals surface area contributed by atoms with Gasteiger partial charge in [-0.2, -0.15) is 10.2 Å². The van der Waals surface area contributed by atoms with E-state index in [2.05, 4.69) is 20.6 Å². The van der Waals surface area contributed by atoms with Gasteiger partial charge in [-0.05, 0) is 31.2 Å². The number of carbonyl (C=O) groups excluding carboxylic acids is 2. The van der Waals surface area contributed by atoms with Crippen LogP contribution in [0.3, 0.4) is 0 Å². The lowest BCUT2D eigenvalue weighted by molar-refractivity contribution is 0.0816. The van der Waals surface area contributed by atoms with Gasteiger partial charge in [0.2, 0.25) is 6.79 Å². The highest BCUT2D eigenvalue weighted by Crippen LogP contribution is 2.35. The first-order valence-corrected chi connectivity index (χ1v) is 9.02. The average molecular weight is 396 g/mol. The second-order valence-electron chi connectivity index (χ2n) is 6.61. The summed E-state index contributed by atoms with van der Waals surface area (Å²) in [5.41, 5.74) is 2.29. The third-order valence-corrected chi connectivity index (χ3v) is 4.49. The average Bonchev–Trinajstić information content (AvgIpc) is 3.45. The topological polar surface area (TPSA) is 114 Å². The van der Waals surface area contributed by atoms with Crippen LogP contribution >= 0.6 is 0 Å². The smallest absolute Gasteiger partial charge is 0.273 e. The Balaban J connectivity index is 1.56. The van der Waals surface area contributed by atoms with Gasteiger partial charge in [0.1, 0.15) is 11.4 Å². The molecule has 0 saturated carbocycles. The molecule has 0 radical (unpaired) electrons. The first-order valence-electron chi connectivity index (χ1n) is 9.02. The fourth-order valence-corrected chi connectivity index (χ4v) is 2.99. The number of anilines is 1. The Morgan fingerprint density at radius 2 is 2.03 bits per heavy atom. The van der Waals surface area contributed by atoms with Crippen molar-refractivity contribution in [2.24, 2.45) is 0 Å². The summed E-state index contributed by atoms with van der Waals surface area (Å²) in [6.45, 7) is 2.56. The molecule has 2 aromatic heterocycles. The fraction of sp³-hybridized carbons (Fsp3) is 0.263. The molecule has 10 heteroatoms. The zero-order chi connectivity index (χ0) is 20.5. The van der Waals surface area contributed by atoms with E-state index in [9.17, 15) is 9.59 Å². The fourth-order valence-electron chi connectivity index (χ4n) is 2.99. The van der Waals surface area contributed by atoms with Crippen molar-refractivity contribution in [1.82, 2.24) is 24.9 Å². The molecule has 3 heterocycles. The number of H-pyrrole nitrogens is 1. The minimum absolute atomic E-state index is 0.187. The molecule has 1 aromatic carbocycles. The van der Waals surface area contributed by atoms with E-state index in [-0.39, 0.29) is 18.4 Å². The summed E-state index contributed by atoms with van der Waals surface area (Å²) in [6.07, 6.45) is 1.47. The number of ether oxygens (including phenoxy) is 2. The predicted octanol–water partition coefficient (Wildman–Crippen LogP) is 1.98. The number of nitrogens with zero attached hydrogens (tertiary/aromatic N) is 4. The summed E-state index contributed by atoms with van der Waals surface area (Å²) in [5.74, 6) is 0.641. The number of carbonyl (C=O) groups is 2. The van der Waals surface area contributed by atoms with Crippen LogP contribution in [0.4, 0.5) is 5.69 Å². The molecule has 1 aliphatic heterocycles. The number of rotatable bonds is 5. The summed E-state index contributed by atoms with van der Waals surface area (Å²) in [4.78, 5) is 26.6. The molecule has 3 aromatic rings. The lowest BCUT2D eigenvalue weighted by Gasteiger charge is -2.13. The first-order chi connectivity index (χ1) is 14.0. The molecule has 1 aliphatic rings. The number of aryl methyl sites for hydroxylation is 1. The van der Waals surface area contributed by atoms with Gasteiger partial charge in [0, 0.05) is 26.2 Å². The summed E-state index contributed by atoms with van der Waals surface area (Å²) < 4.78 is 12.2. The van der Waals surface area contributed by atoms with Crippen LogP contribution in [-0.4, -0.2) is 57.6 Å². The van der Waals surface area contributed by atoms with Crippen molar-refractivity contribution >= 4 is 17.5 Å². The second-order valence-corrected chi connectivity index (χ2v) is 6.61. The Hall–Kier alpha value is -3.82. The predicted molar refractivity (Wildman–Crippen MR) is 104 cm³/mol. The van der Waals surface area contributed by atoms with Gasteiger partial charge >= 0.3 is 0 Å². The third-order valence-electron chi connectivity index (χ3n) is 4.49. The maximum atomic E-state index is 12.7. The largest absolute Gasteiger partial charge is 0.454 e. The van der Waals surface area contributed by atoms with Crippen molar-refractivity contribution in [1.29, 1.82) is 0 Å². The third kappa shape index (κ3) is 3.40. The number of hydrogen-bond donors (Lipinski definition) is 2. The van der Waals surface area contributed by atoms with E-state index in [4.69, 9.17) is 9.47 Å². The molecular weight excluding hydrogens is 376 g/mol. The Bertz CT molecular complexity index is 1080. The standard InChI is InChI=1S/C19H20N6O4/c1-4-25-17(19(27)24(2)3)14(9-20-25)21-18(26)13-8-12(22-23-13)11-5-6-15-16(7-11)29-10-28-15/h5-9H,4,10H2,1-3H3,(H,21,26)(H,22,23). The maximum absolute atomic E-state index is 12.7.